The quantitative estimate of drug-likeness (QED) is 0.408. The summed E-state index contributed by atoms with van der Waals surface area (Å²) in [4.78, 5) is 11.0. The maximum atomic E-state index is 11.0. The molecule has 0 fully saturated rings. The lowest BCUT2D eigenvalue weighted by atomic mass is 10.3. The maximum Gasteiger partial charge on any atom is 0.250 e. The highest BCUT2D eigenvalue weighted by atomic mass is 16.1. The molecule has 0 aromatic rings. The molecule has 0 aromatic carbocycles. The average Bonchev–Trinajstić information content (AvgIpc) is 1.80. The van der Waals surface area contributed by atoms with E-state index in [4.69, 9.17) is 0 Å². The van der Waals surface area contributed by atoms with Crippen LogP contribution in [-0.4, -0.2) is 38.2 Å². The van der Waals surface area contributed by atoms with Gasteiger partial charge in [0.05, 0.1) is 21.1 Å². The molecule has 0 atom stereocenters. The topological polar surface area (TPSA) is 29.1 Å². The van der Waals surface area contributed by atoms with Gasteiger partial charge in [-0.25, -0.2) is 0 Å². The summed E-state index contributed by atoms with van der Waals surface area (Å²) in [6.45, 7) is 5.87. The Balaban J connectivity index is -0.000000500. The van der Waals surface area contributed by atoms with Gasteiger partial charge in [-0.15, -0.1) is 0 Å². The predicted octanol–water partition coefficient (Wildman–Crippen LogP) is 1.61. The van der Waals surface area contributed by atoms with Gasteiger partial charge in [0, 0.05) is 5.57 Å². The summed E-state index contributed by atoms with van der Waals surface area (Å²) in [5.41, 5.74) is 0.554. The minimum atomic E-state index is -0.0712. The maximum absolute atomic E-state index is 11.0. The molecule has 0 saturated heterocycles. The molecular formula is C10H25N2O+. The van der Waals surface area contributed by atoms with E-state index in [1.807, 2.05) is 21.1 Å². The van der Waals surface area contributed by atoms with Crippen molar-refractivity contribution in [2.45, 2.75) is 21.8 Å². The molecule has 0 unspecified atom stereocenters. The SMILES string of the molecule is C.C.C=C(C)C(=O)NC[N+](C)(C)C. The molecule has 0 heterocycles. The molecule has 0 spiro atoms. The Kier molecular flexibility index (Phi) is 9.25. The van der Waals surface area contributed by atoms with Gasteiger partial charge in [0.1, 0.15) is 0 Å². The van der Waals surface area contributed by atoms with Crippen LogP contribution < -0.4 is 5.32 Å². The molecular weight excluding hydrogens is 164 g/mol. The van der Waals surface area contributed by atoms with Crippen LogP contribution in [-0.2, 0) is 4.79 Å². The van der Waals surface area contributed by atoms with E-state index in [1.54, 1.807) is 6.92 Å². The Morgan fingerprint density at radius 2 is 1.69 bits per heavy atom. The number of amides is 1. The molecule has 0 aliphatic heterocycles. The van der Waals surface area contributed by atoms with Crippen LogP contribution in [0.5, 0.6) is 0 Å². The molecule has 0 bridgehead atoms. The van der Waals surface area contributed by atoms with Crippen LogP contribution >= 0.6 is 0 Å². The van der Waals surface area contributed by atoms with E-state index in [2.05, 4.69) is 11.9 Å². The number of rotatable bonds is 3. The first-order valence-electron chi connectivity index (χ1n) is 3.57. The fourth-order valence-corrected chi connectivity index (χ4v) is 0.460. The summed E-state index contributed by atoms with van der Waals surface area (Å²) < 4.78 is 0.721. The van der Waals surface area contributed by atoms with Crippen molar-refractivity contribution in [3.05, 3.63) is 12.2 Å². The summed E-state index contributed by atoms with van der Waals surface area (Å²) >= 11 is 0. The number of nitrogens with one attached hydrogen (secondary N) is 1. The standard InChI is InChI=1S/C8H16N2O.2CH4/c1-7(2)8(11)9-6-10(3,4)5;;/h1,6H2,2-5H3;2*1H4/p+1. The van der Waals surface area contributed by atoms with Gasteiger partial charge in [0.2, 0.25) is 0 Å². The third-order valence-corrected chi connectivity index (χ3v) is 1.10. The van der Waals surface area contributed by atoms with E-state index < -0.39 is 0 Å². The van der Waals surface area contributed by atoms with Gasteiger partial charge < -0.3 is 9.80 Å². The van der Waals surface area contributed by atoms with Gasteiger partial charge in [-0.1, -0.05) is 21.4 Å². The minimum Gasteiger partial charge on any atom is -0.314 e. The van der Waals surface area contributed by atoms with Crippen molar-refractivity contribution >= 4 is 5.91 Å². The van der Waals surface area contributed by atoms with Gasteiger partial charge in [0.15, 0.2) is 6.67 Å². The second-order valence-electron chi connectivity index (χ2n) is 3.73. The van der Waals surface area contributed by atoms with Crippen molar-refractivity contribution in [1.29, 1.82) is 0 Å². The van der Waals surface area contributed by atoms with Crippen LogP contribution in [0.3, 0.4) is 0 Å². The Bertz CT molecular complexity index is 168. The smallest absolute Gasteiger partial charge is 0.250 e. The Hall–Kier alpha value is -0.830. The normalized spacial score (nSPS) is 9.23. The molecule has 80 valence electrons. The van der Waals surface area contributed by atoms with Gasteiger partial charge in [-0.2, -0.15) is 0 Å². The van der Waals surface area contributed by atoms with Crippen molar-refractivity contribution in [1.82, 2.24) is 5.32 Å². The van der Waals surface area contributed by atoms with E-state index in [0.717, 1.165) is 4.48 Å². The zero-order chi connectivity index (χ0) is 9.07. The number of nitrogens with zero attached hydrogens (tertiary/aromatic N) is 1. The highest BCUT2D eigenvalue weighted by Gasteiger charge is 2.08. The molecule has 3 nitrogen and oxygen atoms in total. The molecule has 0 aliphatic carbocycles. The van der Waals surface area contributed by atoms with Crippen LogP contribution in [0.25, 0.3) is 0 Å². The summed E-state index contributed by atoms with van der Waals surface area (Å²) in [5, 5.41) is 2.76. The molecule has 0 saturated carbocycles. The third kappa shape index (κ3) is 11.2. The minimum absolute atomic E-state index is 0. The van der Waals surface area contributed by atoms with Gasteiger partial charge in [-0.05, 0) is 6.92 Å². The molecule has 13 heavy (non-hydrogen) atoms. The van der Waals surface area contributed by atoms with Crippen molar-refractivity contribution in [2.75, 3.05) is 27.8 Å². The summed E-state index contributed by atoms with van der Waals surface area (Å²) in [6.07, 6.45) is 0. The first-order valence-corrected chi connectivity index (χ1v) is 3.57. The number of carbonyl (C=O) groups is 1. The van der Waals surface area contributed by atoms with Crippen LogP contribution in [0.1, 0.15) is 21.8 Å². The zero-order valence-electron chi connectivity index (χ0n) is 7.77. The van der Waals surface area contributed by atoms with E-state index in [1.165, 1.54) is 0 Å². The van der Waals surface area contributed by atoms with Crippen LogP contribution in [0.2, 0.25) is 0 Å². The monoisotopic (exact) mass is 189 g/mol. The molecule has 1 N–H and O–H groups in total. The van der Waals surface area contributed by atoms with E-state index in [-0.39, 0.29) is 20.8 Å². The summed E-state index contributed by atoms with van der Waals surface area (Å²) in [6, 6.07) is 0. The first-order chi connectivity index (χ1) is 4.83. The van der Waals surface area contributed by atoms with Crippen molar-refractivity contribution in [2.24, 2.45) is 0 Å². The molecule has 1 amide bonds. The lowest BCUT2D eigenvalue weighted by Gasteiger charge is -2.23. The molecule has 0 aliphatic rings. The average molecular weight is 189 g/mol. The first kappa shape index (κ1) is 18.1. The molecule has 0 aromatic heterocycles. The van der Waals surface area contributed by atoms with Crippen molar-refractivity contribution in [3.63, 3.8) is 0 Å². The zero-order valence-corrected chi connectivity index (χ0v) is 7.77. The highest BCUT2D eigenvalue weighted by molar-refractivity contribution is 5.91. The van der Waals surface area contributed by atoms with Gasteiger partial charge >= 0.3 is 0 Å². The Morgan fingerprint density at radius 3 is 1.92 bits per heavy atom. The third-order valence-electron chi connectivity index (χ3n) is 1.10. The number of quaternary nitrogens is 1. The van der Waals surface area contributed by atoms with Crippen molar-refractivity contribution < 1.29 is 9.28 Å². The van der Waals surface area contributed by atoms with Gasteiger partial charge in [0.25, 0.3) is 5.91 Å². The Morgan fingerprint density at radius 1 is 1.31 bits per heavy atom. The summed E-state index contributed by atoms with van der Waals surface area (Å²) in [5.74, 6) is -0.0712. The highest BCUT2D eigenvalue weighted by Crippen LogP contribution is 1.89. The largest absolute Gasteiger partial charge is 0.314 e. The van der Waals surface area contributed by atoms with Crippen LogP contribution in [0, 0.1) is 0 Å². The predicted molar refractivity (Wildman–Crippen MR) is 59.3 cm³/mol. The summed E-state index contributed by atoms with van der Waals surface area (Å²) in [7, 11) is 6.04. The molecule has 0 radical (unpaired) electrons. The fraction of sp³-hybridized carbons (Fsp3) is 0.700. The second-order valence-corrected chi connectivity index (χ2v) is 3.73. The van der Waals surface area contributed by atoms with Crippen LogP contribution in [0.4, 0.5) is 0 Å². The van der Waals surface area contributed by atoms with E-state index in [0.29, 0.717) is 12.2 Å². The van der Waals surface area contributed by atoms with E-state index >= 15 is 0 Å². The second kappa shape index (κ2) is 6.66. The number of hydrogen-bond donors (Lipinski definition) is 1. The number of carbonyl (C=O) groups excluding carboxylic acids is 1. The molecule has 3 heteroatoms. The Labute approximate surface area is 83.0 Å². The van der Waals surface area contributed by atoms with Gasteiger partial charge in [-0.3, -0.25) is 4.79 Å². The lowest BCUT2D eigenvalue weighted by Crippen LogP contribution is -2.45. The number of hydrogen-bond acceptors (Lipinski definition) is 1. The van der Waals surface area contributed by atoms with E-state index in [9.17, 15) is 4.79 Å². The molecule has 0 rings (SSSR count). The van der Waals surface area contributed by atoms with Crippen molar-refractivity contribution in [3.8, 4) is 0 Å². The fourth-order valence-electron chi connectivity index (χ4n) is 0.460. The lowest BCUT2D eigenvalue weighted by molar-refractivity contribution is -0.872. The van der Waals surface area contributed by atoms with Crippen LogP contribution in [0.15, 0.2) is 12.2 Å².